The Hall–Kier alpha value is -3.47. The summed E-state index contributed by atoms with van der Waals surface area (Å²) in [5.41, 5.74) is 2.75. The van der Waals surface area contributed by atoms with E-state index in [1.54, 1.807) is 0 Å². The smallest absolute Gasteiger partial charge is 0.243 e. The van der Waals surface area contributed by atoms with Crippen LogP contribution in [-0.4, -0.2) is 26.5 Å². The maximum absolute atomic E-state index is 12.1. The Labute approximate surface area is 159 Å². The highest BCUT2D eigenvalue weighted by molar-refractivity contribution is 5.93. The highest BCUT2D eigenvalue weighted by atomic mass is 16.5. The van der Waals surface area contributed by atoms with Gasteiger partial charge in [-0.1, -0.05) is 18.2 Å². The van der Waals surface area contributed by atoms with Crippen molar-refractivity contribution in [3.05, 3.63) is 78.9 Å². The highest BCUT2D eigenvalue weighted by Gasteiger charge is 2.04. The van der Waals surface area contributed by atoms with Crippen molar-refractivity contribution < 1.29 is 9.53 Å². The van der Waals surface area contributed by atoms with Crippen LogP contribution in [0, 0.1) is 0 Å². The minimum Gasteiger partial charge on any atom is -0.457 e. The molecule has 0 bridgehead atoms. The van der Waals surface area contributed by atoms with Gasteiger partial charge in [-0.2, -0.15) is 0 Å². The van der Waals surface area contributed by atoms with Crippen LogP contribution in [0.25, 0.3) is 0 Å². The highest BCUT2D eigenvalue weighted by Crippen LogP contribution is 2.22. The summed E-state index contributed by atoms with van der Waals surface area (Å²) >= 11 is 0. The Kier molecular flexibility index (Phi) is 5.94. The molecule has 3 aromatic carbocycles. The molecule has 5 heteroatoms. The van der Waals surface area contributed by atoms with Gasteiger partial charge in [0, 0.05) is 31.2 Å². The fraction of sp³-hybridized carbons (Fsp3) is 0.136. The van der Waals surface area contributed by atoms with Crippen molar-refractivity contribution in [1.82, 2.24) is 0 Å². The van der Waals surface area contributed by atoms with Crippen molar-refractivity contribution in [1.29, 1.82) is 0 Å². The molecule has 5 nitrogen and oxygen atoms in total. The second-order valence-electron chi connectivity index (χ2n) is 6.28. The van der Waals surface area contributed by atoms with Crippen LogP contribution < -0.4 is 20.3 Å². The van der Waals surface area contributed by atoms with E-state index in [1.807, 2.05) is 97.9 Å². The topological polar surface area (TPSA) is 53.6 Å². The number of benzene rings is 3. The van der Waals surface area contributed by atoms with Crippen LogP contribution >= 0.6 is 0 Å². The largest absolute Gasteiger partial charge is 0.457 e. The molecule has 0 saturated carbocycles. The summed E-state index contributed by atoms with van der Waals surface area (Å²) in [5.74, 6) is 1.39. The van der Waals surface area contributed by atoms with Crippen molar-refractivity contribution in [3.8, 4) is 11.5 Å². The van der Waals surface area contributed by atoms with Gasteiger partial charge in [-0.25, -0.2) is 0 Å². The number of amides is 1. The van der Waals surface area contributed by atoms with Crippen molar-refractivity contribution in [3.63, 3.8) is 0 Å². The van der Waals surface area contributed by atoms with Gasteiger partial charge < -0.3 is 20.3 Å². The van der Waals surface area contributed by atoms with Gasteiger partial charge in [0.05, 0.1) is 6.54 Å². The van der Waals surface area contributed by atoms with Gasteiger partial charge in [-0.3, -0.25) is 4.79 Å². The number of carbonyl (C=O) groups is 1. The fourth-order valence-electron chi connectivity index (χ4n) is 2.50. The first-order valence-corrected chi connectivity index (χ1v) is 8.74. The van der Waals surface area contributed by atoms with E-state index >= 15 is 0 Å². The number of nitrogens with one attached hydrogen (secondary N) is 2. The first-order valence-electron chi connectivity index (χ1n) is 8.74. The maximum atomic E-state index is 12.1. The molecule has 0 heterocycles. The van der Waals surface area contributed by atoms with Gasteiger partial charge in [0.15, 0.2) is 0 Å². The monoisotopic (exact) mass is 361 g/mol. The maximum Gasteiger partial charge on any atom is 0.243 e. The molecule has 0 saturated heterocycles. The predicted molar refractivity (Wildman–Crippen MR) is 111 cm³/mol. The van der Waals surface area contributed by atoms with E-state index in [-0.39, 0.29) is 12.5 Å². The minimum absolute atomic E-state index is 0.108. The summed E-state index contributed by atoms with van der Waals surface area (Å²) in [6.45, 7) is 0.198. The van der Waals surface area contributed by atoms with Gasteiger partial charge in [0.2, 0.25) is 5.91 Å². The second kappa shape index (κ2) is 8.76. The molecule has 138 valence electrons. The van der Waals surface area contributed by atoms with Crippen LogP contribution in [0.3, 0.4) is 0 Å². The van der Waals surface area contributed by atoms with E-state index in [0.29, 0.717) is 0 Å². The molecule has 0 aliphatic carbocycles. The molecule has 0 spiro atoms. The predicted octanol–water partition coefficient (Wildman–Crippen LogP) is 4.60. The standard InChI is InChI=1S/C22H23N3O2/c1-25(2)19-12-8-17(9-13-19)23-16-22(26)24-18-10-14-21(15-11-18)27-20-6-4-3-5-7-20/h3-15,23H,16H2,1-2H3,(H,24,26). The van der Waals surface area contributed by atoms with Gasteiger partial charge in [0.1, 0.15) is 11.5 Å². The molecule has 3 rings (SSSR count). The van der Waals surface area contributed by atoms with Gasteiger partial charge in [-0.05, 0) is 60.7 Å². The third-order valence-electron chi connectivity index (χ3n) is 3.95. The van der Waals surface area contributed by atoms with E-state index in [0.717, 1.165) is 28.6 Å². The zero-order valence-electron chi connectivity index (χ0n) is 15.5. The number of para-hydroxylation sites is 1. The summed E-state index contributed by atoms with van der Waals surface area (Å²) in [6.07, 6.45) is 0. The Bertz CT molecular complexity index is 860. The second-order valence-corrected chi connectivity index (χ2v) is 6.28. The summed E-state index contributed by atoms with van der Waals surface area (Å²) in [4.78, 5) is 14.2. The minimum atomic E-state index is -0.108. The van der Waals surface area contributed by atoms with Gasteiger partial charge in [-0.15, -0.1) is 0 Å². The zero-order chi connectivity index (χ0) is 19.1. The quantitative estimate of drug-likeness (QED) is 0.646. The van der Waals surface area contributed by atoms with Crippen molar-refractivity contribution >= 4 is 23.0 Å². The van der Waals surface area contributed by atoms with Crippen LogP contribution in [0.1, 0.15) is 0 Å². The lowest BCUT2D eigenvalue weighted by Crippen LogP contribution is -2.21. The molecule has 2 N–H and O–H groups in total. The summed E-state index contributed by atoms with van der Waals surface area (Å²) in [5, 5.41) is 5.99. The van der Waals surface area contributed by atoms with Crippen molar-refractivity contribution in [2.75, 3.05) is 36.2 Å². The lowest BCUT2D eigenvalue weighted by atomic mass is 10.2. The molecule has 1 amide bonds. The van der Waals surface area contributed by atoms with E-state index in [2.05, 4.69) is 10.6 Å². The third kappa shape index (κ3) is 5.51. The van der Waals surface area contributed by atoms with E-state index in [9.17, 15) is 4.79 Å². The summed E-state index contributed by atoms with van der Waals surface area (Å²) in [6, 6.07) is 24.8. The Morgan fingerprint density at radius 2 is 1.41 bits per heavy atom. The number of ether oxygens (including phenoxy) is 1. The molecular formula is C22H23N3O2. The van der Waals surface area contributed by atoms with Crippen molar-refractivity contribution in [2.24, 2.45) is 0 Å². The first-order chi connectivity index (χ1) is 13.1. The van der Waals surface area contributed by atoms with E-state index in [4.69, 9.17) is 4.74 Å². The molecule has 0 unspecified atom stereocenters. The molecule has 0 atom stereocenters. The molecule has 0 aliphatic heterocycles. The molecule has 0 radical (unpaired) electrons. The molecule has 0 fully saturated rings. The number of anilines is 3. The van der Waals surface area contributed by atoms with Crippen LogP contribution in [0.4, 0.5) is 17.1 Å². The van der Waals surface area contributed by atoms with Crippen molar-refractivity contribution in [2.45, 2.75) is 0 Å². The number of hydrogen-bond acceptors (Lipinski definition) is 4. The average molecular weight is 361 g/mol. The molecule has 0 aliphatic rings. The Morgan fingerprint density at radius 3 is 2.04 bits per heavy atom. The zero-order valence-corrected chi connectivity index (χ0v) is 15.5. The molecule has 0 aromatic heterocycles. The van der Waals surface area contributed by atoms with Crippen LogP contribution in [0.15, 0.2) is 78.9 Å². The summed E-state index contributed by atoms with van der Waals surface area (Å²) in [7, 11) is 3.98. The SMILES string of the molecule is CN(C)c1ccc(NCC(=O)Nc2ccc(Oc3ccccc3)cc2)cc1. The lowest BCUT2D eigenvalue weighted by molar-refractivity contribution is -0.114. The first kappa shape index (κ1) is 18.3. The van der Waals surface area contributed by atoms with Crippen LogP contribution in [0.5, 0.6) is 11.5 Å². The Balaban J connectivity index is 1.49. The van der Waals surface area contributed by atoms with E-state index < -0.39 is 0 Å². The third-order valence-corrected chi connectivity index (χ3v) is 3.95. The normalized spacial score (nSPS) is 10.1. The molecular weight excluding hydrogens is 338 g/mol. The molecule has 27 heavy (non-hydrogen) atoms. The lowest BCUT2D eigenvalue weighted by Gasteiger charge is -2.13. The van der Waals surface area contributed by atoms with Gasteiger partial charge >= 0.3 is 0 Å². The fourth-order valence-corrected chi connectivity index (χ4v) is 2.50. The number of carbonyl (C=O) groups excluding carboxylic acids is 1. The van der Waals surface area contributed by atoms with Crippen LogP contribution in [-0.2, 0) is 4.79 Å². The Morgan fingerprint density at radius 1 is 0.815 bits per heavy atom. The number of rotatable bonds is 7. The van der Waals surface area contributed by atoms with Crippen LogP contribution in [0.2, 0.25) is 0 Å². The van der Waals surface area contributed by atoms with E-state index in [1.165, 1.54) is 0 Å². The molecule has 3 aromatic rings. The number of hydrogen-bond donors (Lipinski definition) is 2. The number of nitrogens with zero attached hydrogens (tertiary/aromatic N) is 1. The average Bonchev–Trinajstić information content (AvgIpc) is 2.69. The summed E-state index contributed by atoms with van der Waals surface area (Å²) < 4.78 is 5.74. The van der Waals surface area contributed by atoms with Gasteiger partial charge in [0.25, 0.3) is 0 Å².